The van der Waals surface area contributed by atoms with Crippen molar-refractivity contribution in [3.63, 3.8) is 0 Å². The normalized spacial score (nSPS) is 21.5. The molecule has 1 aliphatic carbocycles. The summed E-state index contributed by atoms with van der Waals surface area (Å²) in [5.41, 5.74) is 0.849. The first-order valence-corrected chi connectivity index (χ1v) is 10.9. The molecule has 0 radical (unpaired) electrons. The van der Waals surface area contributed by atoms with Crippen molar-refractivity contribution >= 4 is 36.9 Å². The SMILES string of the molecule is CSCC(=O)NC1C[C@@]12Cc1cccc(C(=O)OCOC(=O)OC(C)C)c1OB2O. The first kappa shape index (κ1) is 22.3. The third-order valence-electron chi connectivity index (χ3n) is 4.98. The highest BCUT2D eigenvalue weighted by Gasteiger charge is 2.66. The molecule has 2 aliphatic rings. The molecule has 1 spiro atoms. The van der Waals surface area contributed by atoms with Crippen molar-refractivity contribution < 1.29 is 38.3 Å². The molecule has 2 atom stereocenters. The van der Waals surface area contributed by atoms with Crippen molar-refractivity contribution in [1.82, 2.24) is 5.32 Å². The van der Waals surface area contributed by atoms with Gasteiger partial charge in [0.15, 0.2) is 0 Å². The van der Waals surface area contributed by atoms with Crippen LogP contribution in [0.1, 0.15) is 36.2 Å². The molecule has 1 aromatic rings. The van der Waals surface area contributed by atoms with E-state index < -0.39 is 31.4 Å². The predicted octanol–water partition coefficient (Wildman–Crippen LogP) is 1.77. The molecular formula is C19H24BNO8S. The molecule has 1 amide bonds. The van der Waals surface area contributed by atoms with Crippen LogP contribution in [0.3, 0.4) is 0 Å². The zero-order valence-corrected chi connectivity index (χ0v) is 17.8. The second kappa shape index (κ2) is 9.17. The average molecular weight is 437 g/mol. The zero-order chi connectivity index (χ0) is 21.9. The quantitative estimate of drug-likeness (QED) is 0.374. The van der Waals surface area contributed by atoms with Crippen LogP contribution in [-0.2, 0) is 25.4 Å². The van der Waals surface area contributed by atoms with E-state index in [0.717, 1.165) is 5.56 Å². The van der Waals surface area contributed by atoms with Gasteiger partial charge in [0.25, 0.3) is 0 Å². The molecule has 162 valence electrons. The highest BCUT2D eigenvalue weighted by Crippen LogP contribution is 2.61. The van der Waals surface area contributed by atoms with Crippen molar-refractivity contribution in [2.75, 3.05) is 18.8 Å². The maximum Gasteiger partial charge on any atom is 0.531 e. The number of ether oxygens (including phenoxy) is 3. The Hall–Kier alpha value is -2.40. The van der Waals surface area contributed by atoms with E-state index in [2.05, 4.69) is 10.1 Å². The summed E-state index contributed by atoms with van der Waals surface area (Å²) in [6.07, 6.45) is 1.59. The molecule has 11 heteroatoms. The molecule has 9 nitrogen and oxygen atoms in total. The number of hydrogen-bond acceptors (Lipinski definition) is 9. The topological polar surface area (TPSA) is 120 Å². The van der Waals surface area contributed by atoms with Crippen molar-refractivity contribution in [2.45, 2.75) is 44.1 Å². The van der Waals surface area contributed by atoms with Gasteiger partial charge < -0.3 is 29.2 Å². The molecule has 3 rings (SSSR count). The van der Waals surface area contributed by atoms with E-state index in [0.29, 0.717) is 18.6 Å². The van der Waals surface area contributed by atoms with Gasteiger partial charge in [-0.2, -0.15) is 11.8 Å². The van der Waals surface area contributed by atoms with Gasteiger partial charge in [-0.3, -0.25) is 4.79 Å². The summed E-state index contributed by atoms with van der Waals surface area (Å²) in [6.45, 7) is 2.72. The van der Waals surface area contributed by atoms with Gasteiger partial charge in [-0.1, -0.05) is 12.1 Å². The molecule has 1 aliphatic heterocycles. The van der Waals surface area contributed by atoms with Crippen LogP contribution < -0.4 is 9.97 Å². The minimum Gasteiger partial charge on any atom is -0.535 e. The van der Waals surface area contributed by atoms with Crippen LogP contribution in [0.15, 0.2) is 18.2 Å². The fraction of sp³-hybridized carbons (Fsp3) is 0.526. The number of benzene rings is 1. The fourth-order valence-corrected chi connectivity index (χ4v) is 3.83. The van der Waals surface area contributed by atoms with E-state index in [4.69, 9.17) is 14.1 Å². The Morgan fingerprint density at radius 1 is 1.37 bits per heavy atom. The number of carbonyl (C=O) groups excluding carboxylic acids is 3. The van der Waals surface area contributed by atoms with Crippen molar-refractivity contribution in [3.05, 3.63) is 29.3 Å². The van der Waals surface area contributed by atoms with Crippen LogP contribution in [-0.4, -0.2) is 61.1 Å². The van der Waals surface area contributed by atoms with Gasteiger partial charge >= 0.3 is 19.2 Å². The molecule has 1 unspecified atom stereocenters. The smallest absolute Gasteiger partial charge is 0.531 e. The lowest BCUT2D eigenvalue weighted by atomic mass is 9.62. The molecule has 0 bridgehead atoms. The van der Waals surface area contributed by atoms with Crippen LogP contribution in [0.2, 0.25) is 5.31 Å². The van der Waals surface area contributed by atoms with Crippen LogP contribution in [0.5, 0.6) is 5.75 Å². The summed E-state index contributed by atoms with van der Waals surface area (Å²) in [6, 6.07) is 4.80. The molecule has 1 saturated carbocycles. The third kappa shape index (κ3) is 4.84. The maximum absolute atomic E-state index is 12.4. The first-order chi connectivity index (χ1) is 14.3. The molecule has 0 saturated heterocycles. The highest BCUT2D eigenvalue weighted by atomic mass is 32.2. The average Bonchev–Trinajstić information content (AvgIpc) is 3.34. The number of hydrogen-bond donors (Lipinski definition) is 2. The number of fused-ring (bicyclic) bond motifs is 1. The highest BCUT2D eigenvalue weighted by molar-refractivity contribution is 7.99. The number of nitrogens with one attached hydrogen (secondary N) is 1. The van der Waals surface area contributed by atoms with E-state index in [9.17, 15) is 19.4 Å². The predicted molar refractivity (Wildman–Crippen MR) is 109 cm³/mol. The Labute approximate surface area is 178 Å². The van der Waals surface area contributed by atoms with Gasteiger partial charge in [-0.05, 0) is 44.6 Å². The Kier molecular flexibility index (Phi) is 6.82. The summed E-state index contributed by atoms with van der Waals surface area (Å²) in [5.74, 6) is -0.266. The van der Waals surface area contributed by atoms with Crippen LogP contribution in [0.25, 0.3) is 0 Å². The third-order valence-corrected chi connectivity index (χ3v) is 5.54. The minimum absolute atomic E-state index is 0.0873. The maximum atomic E-state index is 12.4. The van der Waals surface area contributed by atoms with E-state index in [1.165, 1.54) is 17.8 Å². The largest absolute Gasteiger partial charge is 0.535 e. The second-order valence-electron chi connectivity index (χ2n) is 7.54. The van der Waals surface area contributed by atoms with Gasteiger partial charge in [0.05, 0.1) is 11.9 Å². The molecule has 1 fully saturated rings. The molecule has 30 heavy (non-hydrogen) atoms. The summed E-state index contributed by atoms with van der Waals surface area (Å²) in [7, 11) is -1.17. The van der Waals surface area contributed by atoms with E-state index in [1.807, 2.05) is 6.26 Å². The standard InChI is InChI=1S/C19H24BNO8S/c1-11(2)28-18(24)27-10-26-17(23)13-6-4-5-12-7-19(20(25)29-16(12)13)8-14(19)21-15(22)9-30-3/h4-6,11,14,25H,7-10H2,1-3H3,(H,21,22)/t14?,19-/m0/s1. The van der Waals surface area contributed by atoms with Gasteiger partial charge in [-0.25, -0.2) is 9.59 Å². The molecule has 1 aromatic carbocycles. The van der Waals surface area contributed by atoms with Gasteiger partial charge in [0, 0.05) is 11.4 Å². The molecule has 2 N–H and O–H groups in total. The fourth-order valence-electron chi connectivity index (χ4n) is 3.48. The van der Waals surface area contributed by atoms with Crippen molar-refractivity contribution in [2.24, 2.45) is 0 Å². The van der Waals surface area contributed by atoms with E-state index in [-0.39, 0.29) is 29.4 Å². The monoisotopic (exact) mass is 437 g/mol. The van der Waals surface area contributed by atoms with Gasteiger partial charge in [-0.15, -0.1) is 0 Å². The lowest BCUT2D eigenvalue weighted by Crippen LogP contribution is -2.41. The number of para-hydroxylation sites is 1. The molecular weight excluding hydrogens is 413 g/mol. The number of carbonyl (C=O) groups is 3. The number of rotatable bonds is 7. The van der Waals surface area contributed by atoms with Crippen LogP contribution in [0, 0.1) is 0 Å². The van der Waals surface area contributed by atoms with E-state index in [1.54, 1.807) is 26.0 Å². The Balaban J connectivity index is 1.63. The first-order valence-electron chi connectivity index (χ1n) is 9.52. The van der Waals surface area contributed by atoms with Crippen LogP contribution in [0.4, 0.5) is 4.79 Å². The lowest BCUT2D eigenvalue weighted by Gasteiger charge is -2.29. The van der Waals surface area contributed by atoms with Gasteiger partial charge in [0.2, 0.25) is 12.7 Å². The van der Waals surface area contributed by atoms with Crippen LogP contribution >= 0.6 is 11.8 Å². The van der Waals surface area contributed by atoms with Crippen molar-refractivity contribution in [3.8, 4) is 5.75 Å². The van der Waals surface area contributed by atoms with Gasteiger partial charge in [0.1, 0.15) is 11.3 Å². The molecule has 1 heterocycles. The Morgan fingerprint density at radius 3 is 2.83 bits per heavy atom. The summed E-state index contributed by atoms with van der Waals surface area (Å²) < 4.78 is 20.1. The number of thioether (sulfide) groups is 1. The second-order valence-corrected chi connectivity index (χ2v) is 8.41. The van der Waals surface area contributed by atoms with Crippen molar-refractivity contribution in [1.29, 1.82) is 0 Å². The Morgan fingerprint density at radius 2 is 2.13 bits per heavy atom. The summed E-state index contributed by atoms with van der Waals surface area (Å²) >= 11 is 1.42. The van der Waals surface area contributed by atoms with E-state index >= 15 is 0 Å². The Bertz CT molecular complexity index is 835. The zero-order valence-electron chi connectivity index (χ0n) is 17.0. The molecule has 0 aromatic heterocycles. The summed E-state index contributed by atoms with van der Waals surface area (Å²) in [4.78, 5) is 35.6. The number of amides is 1. The number of esters is 1. The summed E-state index contributed by atoms with van der Waals surface area (Å²) in [5, 5.41) is 12.9. The minimum atomic E-state index is -1.17. The lowest BCUT2D eigenvalue weighted by molar-refractivity contribution is -0.118.